The van der Waals surface area contributed by atoms with Crippen LogP contribution in [0.15, 0.2) is 29.8 Å². The Labute approximate surface area is 227 Å². The summed E-state index contributed by atoms with van der Waals surface area (Å²) >= 11 is 1.58. The van der Waals surface area contributed by atoms with Gasteiger partial charge in [0.25, 0.3) is 5.91 Å². The van der Waals surface area contributed by atoms with Crippen molar-refractivity contribution in [3.63, 3.8) is 0 Å². The Balaban J connectivity index is 1.48. The lowest BCUT2D eigenvalue weighted by atomic mass is 9.85. The summed E-state index contributed by atoms with van der Waals surface area (Å²) in [4.78, 5) is 46.3. The zero-order valence-corrected chi connectivity index (χ0v) is 23.4. The Morgan fingerprint density at radius 2 is 1.87 bits per heavy atom. The second-order valence-corrected chi connectivity index (χ2v) is 12.3. The van der Waals surface area contributed by atoms with Crippen LogP contribution in [0, 0.1) is 12.3 Å². The van der Waals surface area contributed by atoms with Gasteiger partial charge in [-0.25, -0.2) is 9.37 Å². The van der Waals surface area contributed by atoms with Gasteiger partial charge in [-0.15, -0.1) is 11.3 Å². The van der Waals surface area contributed by atoms with E-state index in [0.29, 0.717) is 6.42 Å². The monoisotopic (exact) mass is 544 g/mol. The Morgan fingerprint density at radius 3 is 2.39 bits per heavy atom. The maximum absolute atomic E-state index is 14.4. The summed E-state index contributed by atoms with van der Waals surface area (Å²) in [6.45, 7) is 9.24. The molecule has 3 amide bonds. The highest BCUT2D eigenvalue weighted by Gasteiger charge is 2.53. The smallest absolute Gasteiger partial charge is 0.258 e. The van der Waals surface area contributed by atoms with Gasteiger partial charge in [-0.1, -0.05) is 52.0 Å². The fraction of sp³-hybridized carbons (Fsp3) is 0.571. The lowest BCUT2D eigenvalue weighted by Gasteiger charge is -2.36. The number of aliphatic hydroxyl groups excluding tert-OH is 1. The van der Waals surface area contributed by atoms with Gasteiger partial charge in [0.05, 0.1) is 28.2 Å². The number of amides is 3. The minimum absolute atomic E-state index is 0.0279. The van der Waals surface area contributed by atoms with Crippen molar-refractivity contribution in [1.29, 1.82) is 0 Å². The van der Waals surface area contributed by atoms with Crippen molar-refractivity contribution in [2.75, 3.05) is 6.54 Å². The van der Waals surface area contributed by atoms with Crippen molar-refractivity contribution >= 4 is 29.1 Å². The molecule has 206 valence electrons. The van der Waals surface area contributed by atoms with E-state index in [1.165, 1.54) is 4.90 Å². The van der Waals surface area contributed by atoms with Crippen LogP contribution in [-0.4, -0.2) is 63.1 Å². The molecule has 8 nitrogen and oxygen atoms in total. The van der Waals surface area contributed by atoms with Gasteiger partial charge in [-0.3, -0.25) is 14.4 Å². The zero-order chi connectivity index (χ0) is 27.8. The lowest BCUT2D eigenvalue weighted by molar-refractivity contribution is -0.145. The van der Waals surface area contributed by atoms with E-state index in [1.807, 2.05) is 43.6 Å². The summed E-state index contributed by atoms with van der Waals surface area (Å²) in [5.41, 5.74) is 2.12. The van der Waals surface area contributed by atoms with Crippen molar-refractivity contribution < 1.29 is 23.9 Å². The number of hydrogen-bond acceptors (Lipinski definition) is 6. The molecule has 10 heteroatoms. The van der Waals surface area contributed by atoms with Crippen LogP contribution in [0.4, 0.5) is 4.39 Å². The number of carbonyl (C=O) groups is 3. The number of β-amino-alcohol motifs (C(OH)–C–C–N with tert-alkyl or cyclic N) is 1. The summed E-state index contributed by atoms with van der Waals surface area (Å²) in [5, 5.41) is 16.0. The number of likely N-dealkylation sites (tertiary alicyclic amines) is 1. The third-order valence-corrected chi connectivity index (χ3v) is 8.37. The van der Waals surface area contributed by atoms with Crippen LogP contribution in [0.3, 0.4) is 0 Å². The first-order chi connectivity index (χ1) is 17.8. The average molecular weight is 545 g/mol. The second-order valence-electron chi connectivity index (χ2n) is 11.5. The van der Waals surface area contributed by atoms with Gasteiger partial charge in [0.2, 0.25) is 11.8 Å². The minimum atomic E-state index is -1.92. The molecule has 3 N–H and O–H groups in total. The predicted molar refractivity (Wildman–Crippen MR) is 144 cm³/mol. The van der Waals surface area contributed by atoms with E-state index in [0.717, 1.165) is 21.7 Å². The molecule has 2 fully saturated rings. The van der Waals surface area contributed by atoms with Crippen LogP contribution in [-0.2, 0) is 14.4 Å². The summed E-state index contributed by atoms with van der Waals surface area (Å²) in [7, 11) is 0. The van der Waals surface area contributed by atoms with Gasteiger partial charge in [-0.2, -0.15) is 0 Å². The van der Waals surface area contributed by atoms with Gasteiger partial charge >= 0.3 is 0 Å². The molecular formula is C28H37FN4O4S. The van der Waals surface area contributed by atoms with E-state index < -0.39 is 41.1 Å². The minimum Gasteiger partial charge on any atom is -0.391 e. The summed E-state index contributed by atoms with van der Waals surface area (Å²) in [6, 6.07) is 5.76. The van der Waals surface area contributed by atoms with E-state index in [1.54, 1.807) is 32.1 Å². The molecule has 1 aromatic heterocycles. The van der Waals surface area contributed by atoms with E-state index in [2.05, 4.69) is 15.6 Å². The molecule has 38 heavy (non-hydrogen) atoms. The quantitative estimate of drug-likeness (QED) is 0.470. The fourth-order valence-electron chi connectivity index (χ4n) is 4.85. The third-order valence-electron chi connectivity index (χ3n) is 7.39. The van der Waals surface area contributed by atoms with E-state index >= 15 is 0 Å². The molecule has 0 spiro atoms. The van der Waals surface area contributed by atoms with Crippen LogP contribution in [0.2, 0.25) is 0 Å². The predicted octanol–water partition coefficient (Wildman–Crippen LogP) is 3.68. The molecule has 1 aliphatic heterocycles. The van der Waals surface area contributed by atoms with Crippen molar-refractivity contribution in [2.45, 2.75) is 90.2 Å². The average Bonchev–Trinajstić information content (AvgIpc) is 3.28. The Morgan fingerprint density at radius 1 is 1.21 bits per heavy atom. The van der Waals surface area contributed by atoms with Crippen molar-refractivity contribution in [3.05, 3.63) is 41.0 Å². The molecular weight excluding hydrogens is 507 g/mol. The summed E-state index contributed by atoms with van der Waals surface area (Å²) in [6.07, 6.45) is 0.132. The molecule has 1 aliphatic carbocycles. The maximum atomic E-state index is 14.4. The molecule has 1 saturated carbocycles. The van der Waals surface area contributed by atoms with Gasteiger partial charge in [0.1, 0.15) is 12.1 Å². The van der Waals surface area contributed by atoms with E-state index in [-0.39, 0.29) is 37.8 Å². The first kappa shape index (κ1) is 28.2. The largest absolute Gasteiger partial charge is 0.391 e. The zero-order valence-electron chi connectivity index (χ0n) is 22.6. The first-order valence-corrected chi connectivity index (χ1v) is 14.0. The van der Waals surface area contributed by atoms with Crippen LogP contribution in [0.5, 0.6) is 0 Å². The molecule has 2 aromatic rings. The summed E-state index contributed by atoms with van der Waals surface area (Å²) in [5.74, 6) is -1.66. The van der Waals surface area contributed by atoms with Crippen molar-refractivity contribution in [3.8, 4) is 10.4 Å². The number of benzene rings is 1. The molecule has 4 atom stereocenters. The Hall–Kier alpha value is -2.85. The van der Waals surface area contributed by atoms with Gasteiger partial charge in [0.15, 0.2) is 5.67 Å². The van der Waals surface area contributed by atoms with Crippen molar-refractivity contribution in [2.24, 2.45) is 5.41 Å². The molecule has 0 radical (unpaired) electrons. The number of rotatable bonds is 8. The Bertz CT molecular complexity index is 1190. The Kier molecular flexibility index (Phi) is 7.95. The number of aryl methyl sites for hydroxylation is 1. The highest BCUT2D eigenvalue weighted by molar-refractivity contribution is 7.13. The van der Waals surface area contributed by atoms with E-state index in [4.69, 9.17) is 0 Å². The van der Waals surface area contributed by atoms with Crippen LogP contribution in [0.25, 0.3) is 10.4 Å². The number of hydrogen-bond donors (Lipinski definition) is 3. The molecule has 0 bridgehead atoms. The highest BCUT2D eigenvalue weighted by atomic mass is 32.1. The third kappa shape index (κ3) is 5.91. The number of nitrogens with zero attached hydrogens (tertiary/aromatic N) is 2. The maximum Gasteiger partial charge on any atom is 0.258 e. The molecule has 2 heterocycles. The normalized spacial score (nSPS) is 22.0. The second kappa shape index (κ2) is 10.7. The number of alkyl halides is 1. The molecule has 2 aliphatic rings. The highest BCUT2D eigenvalue weighted by Crippen LogP contribution is 2.40. The molecule has 1 unspecified atom stereocenters. The lowest BCUT2D eigenvalue weighted by Crippen LogP contribution is -2.59. The SMILES string of the molecule is CC[C@H](NC(=O)[C@@H]1C[C@@H](O)CN1C(=O)C(NC(=O)C1(F)CC1)C(C)(C)C)c1ccc(-c2scnc2C)cc1. The van der Waals surface area contributed by atoms with Gasteiger partial charge in [0, 0.05) is 13.0 Å². The number of halogens is 1. The number of aliphatic hydroxyl groups is 1. The number of nitrogens with one attached hydrogen (secondary N) is 2. The van der Waals surface area contributed by atoms with Gasteiger partial charge < -0.3 is 20.6 Å². The number of thiazole rings is 1. The van der Waals surface area contributed by atoms with Gasteiger partial charge in [-0.05, 0) is 42.7 Å². The summed E-state index contributed by atoms with van der Waals surface area (Å²) < 4.78 is 14.4. The van der Waals surface area contributed by atoms with Crippen molar-refractivity contribution in [1.82, 2.24) is 20.5 Å². The molecule has 1 aromatic carbocycles. The topological polar surface area (TPSA) is 112 Å². The number of aromatic nitrogens is 1. The molecule has 4 rings (SSSR count). The van der Waals surface area contributed by atoms with Crippen LogP contribution >= 0.6 is 11.3 Å². The fourth-order valence-corrected chi connectivity index (χ4v) is 5.66. The van der Waals surface area contributed by atoms with E-state index in [9.17, 15) is 23.9 Å². The molecule has 1 saturated heterocycles. The number of carbonyl (C=O) groups excluding carboxylic acids is 3. The first-order valence-electron chi connectivity index (χ1n) is 13.1. The van der Waals surface area contributed by atoms with Crippen LogP contribution in [0.1, 0.15) is 70.7 Å². The van der Waals surface area contributed by atoms with Crippen LogP contribution < -0.4 is 10.6 Å². The standard InChI is InChI=1S/C28H37FN4O4S/c1-6-20(17-7-9-18(10-8-17)22-16(2)30-15-38-22)31-24(35)21-13-19(34)14-33(21)25(36)23(27(3,4)5)32-26(37)28(29)11-12-28/h7-10,15,19-21,23,34H,6,11-14H2,1-5H3,(H,31,35)(H,32,37)/t19-,20+,21+,23?/m1/s1.